The molecule has 2 fully saturated rings. The number of benzene rings is 1. The molecule has 0 aromatic heterocycles. The lowest BCUT2D eigenvalue weighted by Gasteiger charge is -2.40. The number of hydrogen-bond donors (Lipinski definition) is 1. The molecule has 2 aliphatic rings. The smallest absolute Gasteiger partial charge is 0.335 e. The number of aromatic carboxylic acids is 1. The molecule has 1 amide bonds. The van der Waals surface area contributed by atoms with Crippen LogP contribution in [0.3, 0.4) is 0 Å². The van der Waals surface area contributed by atoms with Crippen LogP contribution in [0, 0.1) is 5.41 Å². The standard InChI is InChI=1S/C19H26N2O3/c1-20-12-10-19(13-20)9-2-11-21(14-19)17(22)8-5-15-3-6-16(7-4-15)18(23)24/h3-4,6-7H,2,5,8-14H2,1H3,(H,23,24). The molecule has 1 atom stereocenters. The molecule has 24 heavy (non-hydrogen) atoms. The fourth-order valence-electron chi connectivity index (χ4n) is 4.14. The number of amides is 1. The highest BCUT2D eigenvalue weighted by atomic mass is 16.4. The molecule has 2 saturated heterocycles. The van der Waals surface area contributed by atoms with Gasteiger partial charge >= 0.3 is 5.97 Å². The molecule has 1 aromatic carbocycles. The molecule has 1 aromatic rings. The van der Waals surface area contributed by atoms with Gasteiger partial charge in [-0.3, -0.25) is 4.79 Å². The van der Waals surface area contributed by atoms with Crippen molar-refractivity contribution in [2.45, 2.75) is 32.1 Å². The molecule has 0 aliphatic carbocycles. The molecule has 0 radical (unpaired) electrons. The predicted molar refractivity (Wildman–Crippen MR) is 92.1 cm³/mol. The SMILES string of the molecule is CN1CCC2(CCCN(C(=O)CCc3ccc(C(=O)O)cc3)C2)C1. The van der Waals surface area contributed by atoms with E-state index >= 15 is 0 Å². The van der Waals surface area contributed by atoms with Gasteiger partial charge in [0.05, 0.1) is 5.56 Å². The molecular weight excluding hydrogens is 304 g/mol. The van der Waals surface area contributed by atoms with Crippen molar-refractivity contribution in [2.24, 2.45) is 5.41 Å². The molecule has 0 bridgehead atoms. The van der Waals surface area contributed by atoms with Crippen LogP contribution in [0.4, 0.5) is 0 Å². The van der Waals surface area contributed by atoms with Crippen LogP contribution in [-0.2, 0) is 11.2 Å². The lowest BCUT2D eigenvalue weighted by Crippen LogP contribution is -2.47. The summed E-state index contributed by atoms with van der Waals surface area (Å²) in [5.74, 6) is -0.691. The van der Waals surface area contributed by atoms with Gasteiger partial charge in [-0.2, -0.15) is 0 Å². The zero-order chi connectivity index (χ0) is 17.2. The van der Waals surface area contributed by atoms with Gasteiger partial charge in [0.1, 0.15) is 0 Å². The molecule has 0 saturated carbocycles. The van der Waals surface area contributed by atoms with Crippen molar-refractivity contribution in [2.75, 3.05) is 33.2 Å². The Hall–Kier alpha value is -1.88. The van der Waals surface area contributed by atoms with E-state index in [1.165, 1.54) is 12.8 Å². The van der Waals surface area contributed by atoms with Crippen molar-refractivity contribution in [3.05, 3.63) is 35.4 Å². The van der Waals surface area contributed by atoms with E-state index in [0.29, 0.717) is 18.3 Å². The second-order valence-electron chi connectivity index (χ2n) is 7.41. The fourth-order valence-corrected chi connectivity index (χ4v) is 4.14. The van der Waals surface area contributed by atoms with Gasteiger partial charge in [0, 0.05) is 31.5 Å². The molecule has 130 valence electrons. The Morgan fingerprint density at radius 1 is 1.12 bits per heavy atom. The summed E-state index contributed by atoms with van der Waals surface area (Å²) in [6.45, 7) is 4.02. The number of likely N-dealkylation sites (tertiary alicyclic amines) is 2. The largest absolute Gasteiger partial charge is 0.478 e. The summed E-state index contributed by atoms with van der Waals surface area (Å²) < 4.78 is 0. The second-order valence-corrected chi connectivity index (χ2v) is 7.41. The van der Waals surface area contributed by atoms with Crippen molar-refractivity contribution in [3.63, 3.8) is 0 Å². The molecule has 1 unspecified atom stereocenters. The molecule has 5 nitrogen and oxygen atoms in total. The van der Waals surface area contributed by atoms with Crippen molar-refractivity contribution in [1.29, 1.82) is 0 Å². The van der Waals surface area contributed by atoms with E-state index in [-0.39, 0.29) is 11.5 Å². The third kappa shape index (κ3) is 3.78. The zero-order valence-corrected chi connectivity index (χ0v) is 14.3. The third-order valence-corrected chi connectivity index (χ3v) is 5.47. The normalized spacial score (nSPS) is 24.5. The number of carbonyl (C=O) groups excluding carboxylic acids is 1. The summed E-state index contributed by atoms with van der Waals surface area (Å²) in [4.78, 5) is 27.9. The highest BCUT2D eigenvalue weighted by Crippen LogP contribution is 2.38. The first-order chi connectivity index (χ1) is 11.5. The number of piperidine rings is 1. The zero-order valence-electron chi connectivity index (χ0n) is 14.3. The van der Waals surface area contributed by atoms with Crippen molar-refractivity contribution < 1.29 is 14.7 Å². The molecular formula is C19H26N2O3. The Balaban J connectivity index is 1.54. The van der Waals surface area contributed by atoms with Crippen LogP contribution in [0.5, 0.6) is 0 Å². The Morgan fingerprint density at radius 2 is 1.88 bits per heavy atom. The molecule has 2 aliphatic heterocycles. The summed E-state index contributed by atoms with van der Waals surface area (Å²) in [6, 6.07) is 6.82. The quantitative estimate of drug-likeness (QED) is 0.920. The summed E-state index contributed by atoms with van der Waals surface area (Å²) in [7, 11) is 2.16. The lowest BCUT2D eigenvalue weighted by atomic mass is 9.79. The van der Waals surface area contributed by atoms with Crippen LogP contribution < -0.4 is 0 Å². The number of rotatable bonds is 4. The van der Waals surface area contributed by atoms with E-state index < -0.39 is 5.97 Å². The van der Waals surface area contributed by atoms with Crippen LogP contribution in [-0.4, -0.2) is 60.0 Å². The first kappa shape index (κ1) is 17.0. The van der Waals surface area contributed by atoms with E-state index in [9.17, 15) is 9.59 Å². The van der Waals surface area contributed by atoms with Gasteiger partial charge in [0.2, 0.25) is 5.91 Å². The molecule has 1 spiro atoms. The van der Waals surface area contributed by atoms with E-state index in [0.717, 1.165) is 38.2 Å². The maximum atomic E-state index is 12.6. The number of aryl methyl sites for hydroxylation is 1. The number of carbonyl (C=O) groups is 2. The van der Waals surface area contributed by atoms with E-state index in [1.54, 1.807) is 24.3 Å². The number of hydrogen-bond acceptors (Lipinski definition) is 3. The fraction of sp³-hybridized carbons (Fsp3) is 0.579. The first-order valence-electron chi connectivity index (χ1n) is 8.76. The van der Waals surface area contributed by atoms with Crippen LogP contribution in [0.15, 0.2) is 24.3 Å². The van der Waals surface area contributed by atoms with E-state index in [2.05, 4.69) is 11.9 Å². The Bertz CT molecular complexity index is 610. The van der Waals surface area contributed by atoms with Gasteiger partial charge in [-0.1, -0.05) is 12.1 Å². The van der Waals surface area contributed by atoms with Gasteiger partial charge in [0.25, 0.3) is 0 Å². The van der Waals surface area contributed by atoms with Gasteiger partial charge in [-0.15, -0.1) is 0 Å². The van der Waals surface area contributed by atoms with Crippen molar-refractivity contribution >= 4 is 11.9 Å². The van der Waals surface area contributed by atoms with Gasteiger partial charge in [-0.25, -0.2) is 4.79 Å². The average molecular weight is 330 g/mol. The average Bonchev–Trinajstić information content (AvgIpc) is 2.93. The molecule has 5 heteroatoms. The number of carboxylic acids is 1. The Morgan fingerprint density at radius 3 is 2.50 bits per heavy atom. The monoisotopic (exact) mass is 330 g/mol. The first-order valence-corrected chi connectivity index (χ1v) is 8.76. The maximum absolute atomic E-state index is 12.6. The summed E-state index contributed by atoms with van der Waals surface area (Å²) >= 11 is 0. The van der Waals surface area contributed by atoms with Crippen LogP contribution in [0.25, 0.3) is 0 Å². The Kier molecular flexibility index (Phi) is 4.90. The Labute approximate surface area is 143 Å². The minimum Gasteiger partial charge on any atom is -0.478 e. The van der Waals surface area contributed by atoms with Crippen LogP contribution >= 0.6 is 0 Å². The minimum absolute atomic E-state index is 0.228. The third-order valence-electron chi connectivity index (χ3n) is 5.47. The van der Waals surface area contributed by atoms with Crippen LogP contribution in [0.1, 0.15) is 41.6 Å². The number of nitrogens with zero attached hydrogens (tertiary/aromatic N) is 2. The topological polar surface area (TPSA) is 60.9 Å². The molecule has 1 N–H and O–H groups in total. The van der Waals surface area contributed by atoms with Crippen molar-refractivity contribution in [3.8, 4) is 0 Å². The predicted octanol–water partition coefficient (Wildman–Crippen LogP) is 2.26. The van der Waals surface area contributed by atoms with Gasteiger partial charge in [0.15, 0.2) is 0 Å². The van der Waals surface area contributed by atoms with Gasteiger partial charge < -0.3 is 14.9 Å². The van der Waals surface area contributed by atoms with Gasteiger partial charge in [-0.05, 0) is 57.0 Å². The second kappa shape index (κ2) is 6.93. The highest BCUT2D eigenvalue weighted by Gasteiger charge is 2.41. The van der Waals surface area contributed by atoms with Crippen molar-refractivity contribution in [1.82, 2.24) is 9.80 Å². The minimum atomic E-state index is -0.919. The summed E-state index contributed by atoms with van der Waals surface area (Å²) in [5.41, 5.74) is 1.61. The van der Waals surface area contributed by atoms with E-state index in [4.69, 9.17) is 5.11 Å². The molecule has 2 heterocycles. The molecule has 3 rings (SSSR count). The summed E-state index contributed by atoms with van der Waals surface area (Å²) in [5, 5.41) is 8.92. The highest BCUT2D eigenvalue weighted by molar-refractivity contribution is 5.87. The summed E-state index contributed by atoms with van der Waals surface area (Å²) in [6.07, 6.45) is 4.70. The van der Waals surface area contributed by atoms with E-state index in [1.807, 2.05) is 4.90 Å². The van der Waals surface area contributed by atoms with Crippen LogP contribution in [0.2, 0.25) is 0 Å². The lowest BCUT2D eigenvalue weighted by molar-refractivity contribution is -0.134. The maximum Gasteiger partial charge on any atom is 0.335 e. The number of carboxylic acid groups (broad SMARTS) is 1.